The number of hydrogen-bond acceptors (Lipinski definition) is 2. The molecule has 1 aromatic carbocycles. The molecule has 18 heavy (non-hydrogen) atoms. The first-order chi connectivity index (χ1) is 8.81. The van der Waals surface area contributed by atoms with Crippen LogP contribution < -0.4 is 0 Å². The van der Waals surface area contributed by atoms with Crippen LogP contribution in [-0.2, 0) is 6.42 Å². The molecule has 0 radical (unpaired) electrons. The van der Waals surface area contributed by atoms with E-state index in [9.17, 15) is 5.26 Å². The molecule has 0 spiro atoms. The molecule has 2 nitrogen and oxygen atoms in total. The summed E-state index contributed by atoms with van der Waals surface area (Å²) in [6.07, 6.45) is 4.43. The minimum Gasteiger partial charge on any atom is -0.264 e. The SMILES string of the molecule is C[C@@H](Cc1ccccc1)[C@@H](C#N)c1cccnc1. The fourth-order valence-corrected chi connectivity index (χ4v) is 2.19. The Morgan fingerprint density at radius 2 is 1.94 bits per heavy atom. The second-order valence-corrected chi connectivity index (χ2v) is 4.56. The van der Waals surface area contributed by atoms with Crippen LogP contribution in [-0.4, -0.2) is 4.98 Å². The highest BCUT2D eigenvalue weighted by atomic mass is 14.6. The van der Waals surface area contributed by atoms with E-state index < -0.39 is 0 Å². The van der Waals surface area contributed by atoms with Crippen LogP contribution in [0.1, 0.15) is 24.0 Å². The van der Waals surface area contributed by atoms with Crippen molar-refractivity contribution in [2.75, 3.05) is 0 Å². The van der Waals surface area contributed by atoms with Gasteiger partial charge in [-0.1, -0.05) is 43.3 Å². The average molecular weight is 236 g/mol. The monoisotopic (exact) mass is 236 g/mol. The summed E-state index contributed by atoms with van der Waals surface area (Å²) < 4.78 is 0. The van der Waals surface area contributed by atoms with Gasteiger partial charge in [-0.3, -0.25) is 4.98 Å². The molecule has 0 aliphatic heterocycles. The van der Waals surface area contributed by atoms with Crippen molar-refractivity contribution in [1.29, 1.82) is 5.26 Å². The number of pyridine rings is 1. The van der Waals surface area contributed by atoms with Crippen molar-refractivity contribution in [1.82, 2.24) is 4.98 Å². The Bertz CT molecular complexity index is 514. The van der Waals surface area contributed by atoms with E-state index in [1.54, 1.807) is 12.4 Å². The van der Waals surface area contributed by atoms with Crippen molar-refractivity contribution in [3.05, 3.63) is 66.0 Å². The minimum absolute atomic E-state index is 0.0982. The average Bonchev–Trinajstić information content (AvgIpc) is 2.42. The molecule has 0 aliphatic carbocycles. The topological polar surface area (TPSA) is 36.7 Å². The molecule has 2 rings (SSSR count). The summed E-state index contributed by atoms with van der Waals surface area (Å²) >= 11 is 0. The predicted molar refractivity (Wildman–Crippen MR) is 71.9 cm³/mol. The van der Waals surface area contributed by atoms with Gasteiger partial charge in [0.25, 0.3) is 0 Å². The Balaban J connectivity index is 2.12. The van der Waals surface area contributed by atoms with Crippen LogP contribution in [0.2, 0.25) is 0 Å². The molecule has 2 atom stereocenters. The van der Waals surface area contributed by atoms with Gasteiger partial charge in [-0.05, 0) is 29.5 Å². The number of nitrogens with zero attached hydrogens (tertiary/aromatic N) is 2. The van der Waals surface area contributed by atoms with Crippen LogP contribution >= 0.6 is 0 Å². The van der Waals surface area contributed by atoms with Gasteiger partial charge in [-0.2, -0.15) is 5.26 Å². The van der Waals surface area contributed by atoms with Crippen molar-refractivity contribution in [3.63, 3.8) is 0 Å². The standard InChI is InChI=1S/C16H16N2/c1-13(10-14-6-3-2-4-7-14)16(11-17)15-8-5-9-18-12-15/h2-9,12-13,16H,10H2,1H3/t13-,16+/m0/s1. The highest BCUT2D eigenvalue weighted by Gasteiger charge is 2.19. The van der Waals surface area contributed by atoms with E-state index in [-0.39, 0.29) is 11.8 Å². The Hall–Kier alpha value is -2.14. The van der Waals surface area contributed by atoms with Crippen LogP contribution in [0, 0.1) is 17.2 Å². The molecule has 2 heteroatoms. The molecule has 2 aromatic rings. The fraction of sp³-hybridized carbons (Fsp3) is 0.250. The molecule has 0 bridgehead atoms. The predicted octanol–water partition coefficient (Wildman–Crippen LogP) is 3.57. The highest BCUT2D eigenvalue weighted by Crippen LogP contribution is 2.26. The normalized spacial score (nSPS) is 13.6. The van der Waals surface area contributed by atoms with E-state index in [0.29, 0.717) is 0 Å². The van der Waals surface area contributed by atoms with Crippen LogP contribution in [0.3, 0.4) is 0 Å². The Morgan fingerprint density at radius 3 is 2.56 bits per heavy atom. The first-order valence-corrected chi connectivity index (χ1v) is 6.14. The summed E-state index contributed by atoms with van der Waals surface area (Å²) in [7, 11) is 0. The fourth-order valence-electron chi connectivity index (χ4n) is 2.19. The summed E-state index contributed by atoms with van der Waals surface area (Å²) in [6, 6.07) is 16.5. The molecule has 0 saturated carbocycles. The number of aromatic nitrogens is 1. The molecular weight excluding hydrogens is 220 g/mol. The van der Waals surface area contributed by atoms with Gasteiger partial charge in [0.1, 0.15) is 0 Å². The number of hydrogen-bond donors (Lipinski definition) is 0. The maximum Gasteiger partial charge on any atom is 0.0756 e. The molecule has 1 heterocycles. The maximum absolute atomic E-state index is 9.35. The van der Waals surface area contributed by atoms with Crippen LogP contribution in [0.5, 0.6) is 0 Å². The van der Waals surface area contributed by atoms with Gasteiger partial charge < -0.3 is 0 Å². The molecule has 0 fully saturated rings. The van der Waals surface area contributed by atoms with E-state index >= 15 is 0 Å². The van der Waals surface area contributed by atoms with Gasteiger partial charge in [-0.25, -0.2) is 0 Å². The van der Waals surface area contributed by atoms with Crippen molar-refractivity contribution in [2.24, 2.45) is 5.92 Å². The van der Waals surface area contributed by atoms with Crippen LogP contribution in [0.15, 0.2) is 54.9 Å². The third-order valence-corrected chi connectivity index (χ3v) is 3.15. The zero-order valence-corrected chi connectivity index (χ0v) is 10.5. The van der Waals surface area contributed by atoms with Crippen LogP contribution in [0.4, 0.5) is 0 Å². The van der Waals surface area contributed by atoms with Crippen molar-refractivity contribution < 1.29 is 0 Å². The lowest BCUT2D eigenvalue weighted by Gasteiger charge is -2.17. The molecule has 1 aromatic heterocycles. The van der Waals surface area contributed by atoms with Crippen molar-refractivity contribution >= 4 is 0 Å². The first kappa shape index (κ1) is 12.3. The summed E-state index contributed by atoms with van der Waals surface area (Å²) in [6.45, 7) is 2.12. The zero-order chi connectivity index (χ0) is 12.8. The Morgan fingerprint density at radius 1 is 1.17 bits per heavy atom. The summed E-state index contributed by atoms with van der Waals surface area (Å²) in [5, 5.41) is 9.35. The zero-order valence-electron chi connectivity index (χ0n) is 10.5. The van der Waals surface area contributed by atoms with E-state index in [0.717, 1.165) is 12.0 Å². The third-order valence-electron chi connectivity index (χ3n) is 3.15. The second kappa shape index (κ2) is 5.97. The molecule has 0 amide bonds. The minimum atomic E-state index is -0.0982. The number of benzene rings is 1. The molecule has 0 N–H and O–H groups in total. The lowest BCUT2D eigenvalue weighted by molar-refractivity contribution is 0.527. The molecular formula is C16H16N2. The van der Waals surface area contributed by atoms with E-state index in [1.807, 2.05) is 30.3 Å². The Kier molecular flexibility index (Phi) is 4.09. The van der Waals surface area contributed by atoms with Gasteiger partial charge in [0.2, 0.25) is 0 Å². The summed E-state index contributed by atoms with van der Waals surface area (Å²) in [5.41, 5.74) is 2.28. The van der Waals surface area contributed by atoms with Crippen molar-refractivity contribution in [2.45, 2.75) is 19.3 Å². The number of rotatable bonds is 4. The quantitative estimate of drug-likeness (QED) is 0.813. The van der Waals surface area contributed by atoms with Gasteiger partial charge >= 0.3 is 0 Å². The highest BCUT2D eigenvalue weighted by molar-refractivity contribution is 5.24. The second-order valence-electron chi connectivity index (χ2n) is 4.56. The third kappa shape index (κ3) is 2.95. The Labute approximate surface area is 108 Å². The van der Waals surface area contributed by atoms with E-state index in [2.05, 4.69) is 30.1 Å². The molecule has 0 unspecified atom stereocenters. The maximum atomic E-state index is 9.35. The molecule has 0 aliphatic rings. The lowest BCUT2D eigenvalue weighted by atomic mass is 9.85. The molecule has 90 valence electrons. The van der Waals surface area contributed by atoms with Gasteiger partial charge in [-0.15, -0.1) is 0 Å². The van der Waals surface area contributed by atoms with Crippen LogP contribution in [0.25, 0.3) is 0 Å². The number of nitriles is 1. The van der Waals surface area contributed by atoms with Gasteiger partial charge in [0.05, 0.1) is 12.0 Å². The smallest absolute Gasteiger partial charge is 0.0756 e. The largest absolute Gasteiger partial charge is 0.264 e. The molecule has 0 saturated heterocycles. The van der Waals surface area contributed by atoms with Gasteiger partial charge in [0.15, 0.2) is 0 Å². The van der Waals surface area contributed by atoms with Gasteiger partial charge in [0, 0.05) is 12.4 Å². The summed E-state index contributed by atoms with van der Waals surface area (Å²) in [5.74, 6) is 0.181. The summed E-state index contributed by atoms with van der Waals surface area (Å²) in [4.78, 5) is 4.09. The first-order valence-electron chi connectivity index (χ1n) is 6.14. The van der Waals surface area contributed by atoms with E-state index in [4.69, 9.17) is 0 Å². The van der Waals surface area contributed by atoms with E-state index in [1.165, 1.54) is 5.56 Å². The van der Waals surface area contributed by atoms with Crippen molar-refractivity contribution in [3.8, 4) is 6.07 Å². The lowest BCUT2D eigenvalue weighted by Crippen LogP contribution is -2.11.